The van der Waals surface area contributed by atoms with Crippen molar-refractivity contribution in [3.05, 3.63) is 36.4 Å². The third-order valence-corrected chi connectivity index (χ3v) is 1.96. The molecule has 0 aliphatic rings. The summed E-state index contributed by atoms with van der Waals surface area (Å²) in [5.74, 6) is 0. The zero-order valence-electron chi connectivity index (χ0n) is 7.12. The SMILES string of the molecule is F[B-](F)(F)c1ccc2ccccc2n1. The van der Waals surface area contributed by atoms with Crippen LogP contribution in [0.25, 0.3) is 10.9 Å². The lowest BCUT2D eigenvalue weighted by Gasteiger charge is -2.13. The van der Waals surface area contributed by atoms with Gasteiger partial charge in [0.15, 0.2) is 0 Å². The van der Waals surface area contributed by atoms with Crippen molar-refractivity contribution < 1.29 is 12.9 Å². The topological polar surface area (TPSA) is 12.9 Å². The summed E-state index contributed by atoms with van der Waals surface area (Å²) in [7, 11) is 0. The molecule has 1 aromatic carbocycles. The molecule has 0 fully saturated rings. The highest BCUT2D eigenvalue weighted by Gasteiger charge is 2.27. The average molecular weight is 196 g/mol. The second-order valence-electron chi connectivity index (χ2n) is 3.00. The molecule has 0 spiro atoms. The van der Waals surface area contributed by atoms with Crippen LogP contribution in [0.1, 0.15) is 0 Å². The molecule has 0 aliphatic heterocycles. The molecule has 0 saturated heterocycles. The standard InChI is InChI=1S/C9H6BF3N/c11-10(12,13)9-6-5-7-3-1-2-4-8(7)14-9/h1-6H/q-1. The third-order valence-electron chi connectivity index (χ3n) is 1.96. The predicted molar refractivity (Wildman–Crippen MR) is 50.5 cm³/mol. The van der Waals surface area contributed by atoms with Crippen LogP contribution in [0.5, 0.6) is 0 Å². The number of hydrogen-bond donors (Lipinski definition) is 0. The predicted octanol–water partition coefficient (Wildman–Crippen LogP) is 2.29. The number of nitrogens with zero attached hydrogens (tertiary/aromatic N) is 1. The van der Waals surface area contributed by atoms with E-state index in [-0.39, 0.29) is 0 Å². The Labute approximate surface area is 78.6 Å². The molecule has 2 aromatic rings. The second-order valence-corrected chi connectivity index (χ2v) is 3.00. The molecule has 0 aliphatic carbocycles. The monoisotopic (exact) mass is 196 g/mol. The molecule has 0 N–H and O–H groups in total. The van der Waals surface area contributed by atoms with E-state index in [1.165, 1.54) is 6.07 Å². The van der Waals surface area contributed by atoms with Crippen molar-refractivity contribution in [1.29, 1.82) is 0 Å². The first-order valence-corrected chi connectivity index (χ1v) is 4.13. The molecule has 0 bridgehead atoms. The van der Waals surface area contributed by atoms with E-state index < -0.39 is 12.6 Å². The van der Waals surface area contributed by atoms with E-state index in [0.29, 0.717) is 5.52 Å². The van der Waals surface area contributed by atoms with Gasteiger partial charge in [0.1, 0.15) is 0 Å². The Morgan fingerprint density at radius 3 is 2.36 bits per heavy atom. The smallest absolute Gasteiger partial charge is 0.444 e. The summed E-state index contributed by atoms with van der Waals surface area (Å²) in [6, 6.07) is 9.19. The van der Waals surface area contributed by atoms with Crippen LogP contribution in [0.3, 0.4) is 0 Å². The summed E-state index contributed by atoms with van der Waals surface area (Å²) in [4.78, 5) is 3.55. The normalized spacial score (nSPS) is 11.9. The lowest BCUT2D eigenvalue weighted by Crippen LogP contribution is -2.36. The van der Waals surface area contributed by atoms with Gasteiger partial charge in [0.2, 0.25) is 0 Å². The first kappa shape index (κ1) is 9.06. The molecule has 0 unspecified atom stereocenters. The first-order chi connectivity index (χ1) is 6.57. The summed E-state index contributed by atoms with van der Waals surface area (Å²) in [6.45, 7) is -5.00. The van der Waals surface area contributed by atoms with Crippen LogP contribution in [0.15, 0.2) is 36.4 Å². The van der Waals surface area contributed by atoms with Gasteiger partial charge < -0.3 is 12.9 Å². The Balaban J connectivity index is 2.63. The number of pyridine rings is 1. The lowest BCUT2D eigenvalue weighted by atomic mass is 9.85. The summed E-state index contributed by atoms with van der Waals surface area (Å²) < 4.78 is 36.9. The van der Waals surface area contributed by atoms with Crippen molar-refractivity contribution in [2.45, 2.75) is 0 Å². The maximum atomic E-state index is 12.3. The Morgan fingerprint density at radius 2 is 1.64 bits per heavy atom. The van der Waals surface area contributed by atoms with Gasteiger partial charge in [-0.15, -0.1) is 0 Å². The number of hydrogen-bond acceptors (Lipinski definition) is 1. The number of halogens is 3. The molecule has 0 amide bonds. The van der Waals surface area contributed by atoms with Gasteiger partial charge >= 0.3 is 6.98 Å². The molecule has 0 saturated carbocycles. The number of benzene rings is 1. The third kappa shape index (κ3) is 1.57. The van der Waals surface area contributed by atoms with Crippen LogP contribution >= 0.6 is 0 Å². The second kappa shape index (κ2) is 3.01. The van der Waals surface area contributed by atoms with Crippen molar-refractivity contribution in [2.24, 2.45) is 0 Å². The van der Waals surface area contributed by atoms with Crippen molar-refractivity contribution in [1.82, 2.24) is 4.98 Å². The van der Waals surface area contributed by atoms with Crippen LogP contribution in [0.4, 0.5) is 12.9 Å². The van der Waals surface area contributed by atoms with Crippen molar-refractivity contribution in [3.63, 3.8) is 0 Å². The van der Waals surface area contributed by atoms with Crippen molar-refractivity contribution in [3.8, 4) is 0 Å². The highest BCUT2D eigenvalue weighted by atomic mass is 19.4. The van der Waals surface area contributed by atoms with Gasteiger partial charge in [-0.05, 0) is 17.0 Å². The van der Waals surface area contributed by atoms with Gasteiger partial charge in [-0.25, -0.2) is 0 Å². The maximum Gasteiger partial charge on any atom is 0.527 e. The zero-order chi connectivity index (χ0) is 10.2. The Hall–Kier alpha value is -1.52. The molecular weight excluding hydrogens is 190 g/mol. The van der Waals surface area contributed by atoms with E-state index in [0.717, 1.165) is 11.5 Å². The molecular formula is C9H6BF3N-. The van der Waals surface area contributed by atoms with Gasteiger partial charge in [0.05, 0.1) is 5.52 Å². The molecule has 2 rings (SSSR count). The summed E-state index contributed by atoms with van der Waals surface area (Å²) in [5.41, 5.74) is -0.409. The fourth-order valence-electron chi connectivity index (χ4n) is 1.26. The first-order valence-electron chi connectivity index (χ1n) is 4.13. The minimum atomic E-state index is -5.00. The van der Waals surface area contributed by atoms with Crippen molar-refractivity contribution in [2.75, 3.05) is 0 Å². The van der Waals surface area contributed by atoms with E-state index in [4.69, 9.17) is 0 Å². The molecule has 72 valence electrons. The fourth-order valence-corrected chi connectivity index (χ4v) is 1.26. The molecule has 0 atom stereocenters. The number of aromatic nitrogens is 1. The van der Waals surface area contributed by atoms with Crippen LogP contribution in [-0.4, -0.2) is 12.0 Å². The molecule has 1 aromatic heterocycles. The lowest BCUT2D eigenvalue weighted by molar-refractivity contribution is 0.498. The molecule has 14 heavy (non-hydrogen) atoms. The van der Waals surface area contributed by atoms with Crippen LogP contribution < -0.4 is 5.59 Å². The highest BCUT2D eigenvalue weighted by Crippen LogP contribution is 2.12. The van der Waals surface area contributed by atoms with Crippen molar-refractivity contribution >= 4 is 23.5 Å². The molecule has 5 heteroatoms. The molecule has 1 nitrogen and oxygen atoms in total. The van der Waals surface area contributed by atoms with Crippen LogP contribution in [-0.2, 0) is 0 Å². The zero-order valence-corrected chi connectivity index (χ0v) is 7.12. The quantitative estimate of drug-likeness (QED) is 0.637. The number of rotatable bonds is 1. The van der Waals surface area contributed by atoms with Gasteiger partial charge in [0.25, 0.3) is 0 Å². The van der Waals surface area contributed by atoms with E-state index in [1.807, 2.05) is 0 Å². The largest absolute Gasteiger partial charge is 0.527 e. The van der Waals surface area contributed by atoms with Gasteiger partial charge in [-0.3, -0.25) is 4.98 Å². The highest BCUT2D eigenvalue weighted by molar-refractivity contribution is 6.72. The Kier molecular flexibility index (Phi) is 1.95. The van der Waals surface area contributed by atoms with Crippen LogP contribution in [0.2, 0.25) is 0 Å². The fraction of sp³-hybridized carbons (Fsp3) is 0. The number of fused-ring (bicyclic) bond motifs is 1. The summed E-state index contributed by atoms with van der Waals surface area (Å²) >= 11 is 0. The van der Waals surface area contributed by atoms with E-state index in [9.17, 15) is 12.9 Å². The maximum absolute atomic E-state index is 12.3. The minimum Gasteiger partial charge on any atom is -0.444 e. The molecule has 1 heterocycles. The number of para-hydroxylation sites is 1. The summed E-state index contributed by atoms with van der Waals surface area (Å²) in [5, 5.41) is 0.719. The Bertz CT molecular complexity index is 467. The van der Waals surface area contributed by atoms with E-state index in [1.54, 1.807) is 24.3 Å². The van der Waals surface area contributed by atoms with Crippen LogP contribution in [0, 0.1) is 0 Å². The van der Waals surface area contributed by atoms with Gasteiger partial charge in [-0.1, -0.05) is 30.3 Å². The van der Waals surface area contributed by atoms with Gasteiger partial charge in [0, 0.05) is 0 Å². The van der Waals surface area contributed by atoms with E-state index >= 15 is 0 Å². The van der Waals surface area contributed by atoms with E-state index in [2.05, 4.69) is 4.98 Å². The minimum absolute atomic E-state index is 0.379. The Morgan fingerprint density at radius 1 is 0.929 bits per heavy atom. The summed E-state index contributed by atoms with van der Waals surface area (Å²) in [6.07, 6.45) is 0. The van der Waals surface area contributed by atoms with Gasteiger partial charge in [-0.2, -0.15) is 0 Å². The molecule has 0 radical (unpaired) electrons. The average Bonchev–Trinajstić information content (AvgIpc) is 2.16.